The van der Waals surface area contributed by atoms with Crippen LogP contribution in [0.1, 0.15) is 35.4 Å². The molecule has 11 heteroatoms. The highest BCUT2D eigenvalue weighted by molar-refractivity contribution is 7.89. The Labute approximate surface area is 163 Å². The van der Waals surface area contributed by atoms with E-state index in [1.54, 1.807) is 6.92 Å². The Morgan fingerprint density at radius 1 is 1.07 bits per heavy atom. The van der Waals surface area contributed by atoms with Gasteiger partial charge in [0, 0.05) is 18.8 Å². The third-order valence-electron chi connectivity index (χ3n) is 4.47. The van der Waals surface area contributed by atoms with E-state index in [2.05, 4.69) is 5.32 Å². The number of nitrogens with zero attached hydrogens (tertiary/aromatic N) is 1. The molecule has 0 unspecified atom stereocenters. The van der Waals surface area contributed by atoms with Crippen molar-refractivity contribution in [2.45, 2.75) is 36.2 Å². The molecule has 1 fully saturated rings. The first kappa shape index (κ1) is 20.5. The molecular weight excluding hydrogens is 406 g/mol. The molecular formula is C17H21N3O6S2. The quantitative estimate of drug-likeness (QED) is 0.744. The number of amides is 1. The van der Waals surface area contributed by atoms with Crippen LogP contribution in [-0.2, 0) is 20.0 Å². The first-order valence-electron chi connectivity index (χ1n) is 8.64. The molecule has 0 spiro atoms. The van der Waals surface area contributed by atoms with Gasteiger partial charge in [0.1, 0.15) is 0 Å². The van der Waals surface area contributed by atoms with Crippen molar-refractivity contribution < 1.29 is 26.0 Å². The molecule has 1 aromatic carbocycles. The zero-order valence-electron chi connectivity index (χ0n) is 15.2. The fourth-order valence-electron chi connectivity index (χ4n) is 2.99. The lowest BCUT2D eigenvalue weighted by atomic mass is 10.2. The van der Waals surface area contributed by atoms with E-state index >= 15 is 0 Å². The number of rotatable bonds is 5. The molecule has 9 nitrogen and oxygen atoms in total. The predicted octanol–water partition coefficient (Wildman–Crippen LogP) is 1.66. The molecule has 1 amide bonds. The van der Waals surface area contributed by atoms with Crippen LogP contribution >= 0.6 is 0 Å². The second-order valence-electron chi connectivity index (χ2n) is 6.56. The number of benzene rings is 1. The summed E-state index contributed by atoms with van der Waals surface area (Å²) in [5.41, 5.74) is 0.630. The molecule has 0 saturated carbocycles. The van der Waals surface area contributed by atoms with Gasteiger partial charge in [-0.15, -0.1) is 0 Å². The van der Waals surface area contributed by atoms with Gasteiger partial charge in [0.25, 0.3) is 15.9 Å². The number of carbonyl (C=O) groups is 1. The van der Waals surface area contributed by atoms with E-state index in [4.69, 9.17) is 9.56 Å². The highest BCUT2D eigenvalue weighted by atomic mass is 32.2. The van der Waals surface area contributed by atoms with Gasteiger partial charge in [-0.1, -0.05) is 12.5 Å². The molecule has 1 aliphatic heterocycles. The number of carbonyl (C=O) groups excluding carboxylic acids is 1. The summed E-state index contributed by atoms with van der Waals surface area (Å²) in [6.07, 6.45) is 2.55. The number of hydrogen-bond donors (Lipinski definition) is 2. The van der Waals surface area contributed by atoms with E-state index in [1.807, 2.05) is 0 Å². The molecule has 1 aromatic heterocycles. The minimum Gasteiger partial charge on any atom is -0.438 e. The van der Waals surface area contributed by atoms with Gasteiger partial charge in [0.05, 0.1) is 4.90 Å². The molecule has 2 aromatic rings. The molecule has 28 heavy (non-hydrogen) atoms. The summed E-state index contributed by atoms with van der Waals surface area (Å²) in [6.45, 7) is 2.42. The van der Waals surface area contributed by atoms with Gasteiger partial charge in [-0.3, -0.25) is 4.79 Å². The SMILES string of the molecule is Cc1ccc(NC(=O)c2ccc(S(=O)(=O)N3CCCCC3)o2)cc1S(N)(=O)=O. The smallest absolute Gasteiger partial charge is 0.291 e. The highest BCUT2D eigenvalue weighted by Gasteiger charge is 2.29. The lowest BCUT2D eigenvalue weighted by Gasteiger charge is -2.24. The summed E-state index contributed by atoms with van der Waals surface area (Å²) in [6, 6.07) is 6.75. The van der Waals surface area contributed by atoms with Gasteiger partial charge in [-0.05, 0) is 49.6 Å². The van der Waals surface area contributed by atoms with Crippen LogP contribution in [-0.4, -0.2) is 40.1 Å². The number of aryl methyl sites for hydroxylation is 1. The summed E-state index contributed by atoms with van der Waals surface area (Å²) in [4.78, 5) is 12.3. The molecule has 152 valence electrons. The molecule has 1 saturated heterocycles. The van der Waals surface area contributed by atoms with Crippen molar-refractivity contribution in [2.24, 2.45) is 5.14 Å². The van der Waals surface area contributed by atoms with Crippen LogP contribution in [0.25, 0.3) is 0 Å². The van der Waals surface area contributed by atoms with Crippen LogP contribution in [0.3, 0.4) is 0 Å². The number of piperidine rings is 1. The second-order valence-corrected chi connectivity index (χ2v) is 9.96. The lowest BCUT2D eigenvalue weighted by molar-refractivity contribution is 0.0991. The van der Waals surface area contributed by atoms with Crippen LogP contribution in [0.15, 0.2) is 44.7 Å². The maximum Gasteiger partial charge on any atom is 0.291 e. The monoisotopic (exact) mass is 427 g/mol. The Bertz CT molecular complexity index is 1100. The Balaban J connectivity index is 1.80. The van der Waals surface area contributed by atoms with Gasteiger partial charge in [-0.2, -0.15) is 4.31 Å². The second kappa shape index (κ2) is 7.66. The zero-order chi connectivity index (χ0) is 20.5. The van der Waals surface area contributed by atoms with E-state index in [0.717, 1.165) is 19.3 Å². The van der Waals surface area contributed by atoms with Crippen molar-refractivity contribution >= 4 is 31.6 Å². The maximum absolute atomic E-state index is 12.6. The van der Waals surface area contributed by atoms with Crippen LogP contribution in [0.5, 0.6) is 0 Å². The summed E-state index contributed by atoms with van der Waals surface area (Å²) in [7, 11) is -7.73. The first-order chi connectivity index (χ1) is 13.1. The molecule has 0 radical (unpaired) electrons. The summed E-state index contributed by atoms with van der Waals surface area (Å²) >= 11 is 0. The van der Waals surface area contributed by atoms with Gasteiger partial charge in [0.2, 0.25) is 15.1 Å². The number of primary sulfonamides is 1. The normalized spacial score (nSPS) is 16.1. The molecule has 0 aliphatic carbocycles. The van der Waals surface area contributed by atoms with E-state index in [1.165, 1.54) is 34.6 Å². The maximum atomic E-state index is 12.6. The molecule has 0 atom stereocenters. The minimum atomic E-state index is -3.94. The van der Waals surface area contributed by atoms with Crippen LogP contribution < -0.4 is 10.5 Å². The van der Waals surface area contributed by atoms with Crippen molar-refractivity contribution in [3.63, 3.8) is 0 Å². The Kier molecular flexibility index (Phi) is 5.62. The van der Waals surface area contributed by atoms with E-state index in [0.29, 0.717) is 18.7 Å². The number of nitrogens with one attached hydrogen (secondary N) is 1. The van der Waals surface area contributed by atoms with Crippen LogP contribution in [0.4, 0.5) is 5.69 Å². The standard InChI is InChI=1S/C17H21N3O6S2/c1-12-5-6-13(11-15(12)27(18,22)23)19-17(21)14-7-8-16(26-14)28(24,25)20-9-3-2-4-10-20/h5-8,11H,2-4,9-10H2,1H3,(H,19,21)(H2,18,22,23). The fourth-order valence-corrected chi connectivity index (χ4v) is 5.23. The first-order valence-corrected chi connectivity index (χ1v) is 11.6. The zero-order valence-corrected chi connectivity index (χ0v) is 16.8. The van der Waals surface area contributed by atoms with Gasteiger partial charge >= 0.3 is 0 Å². The van der Waals surface area contributed by atoms with Gasteiger partial charge < -0.3 is 9.73 Å². The number of hydrogen-bond acceptors (Lipinski definition) is 6. The fraction of sp³-hybridized carbons (Fsp3) is 0.353. The average Bonchev–Trinajstić information content (AvgIpc) is 3.14. The predicted molar refractivity (Wildman–Crippen MR) is 102 cm³/mol. The third kappa shape index (κ3) is 4.27. The van der Waals surface area contributed by atoms with Crippen molar-refractivity contribution in [3.8, 4) is 0 Å². The van der Waals surface area contributed by atoms with E-state index in [9.17, 15) is 21.6 Å². The number of nitrogens with two attached hydrogens (primary N) is 1. The van der Waals surface area contributed by atoms with Crippen molar-refractivity contribution in [1.29, 1.82) is 0 Å². The summed E-state index contributed by atoms with van der Waals surface area (Å²) < 4.78 is 55.0. The van der Waals surface area contributed by atoms with E-state index in [-0.39, 0.29) is 21.4 Å². The van der Waals surface area contributed by atoms with E-state index < -0.39 is 26.0 Å². The highest BCUT2D eigenvalue weighted by Crippen LogP contribution is 2.24. The number of furan rings is 1. The molecule has 3 N–H and O–H groups in total. The number of anilines is 1. The van der Waals surface area contributed by atoms with Crippen LogP contribution in [0.2, 0.25) is 0 Å². The Morgan fingerprint density at radius 2 is 1.75 bits per heavy atom. The third-order valence-corrected chi connectivity index (χ3v) is 7.29. The van der Waals surface area contributed by atoms with Gasteiger partial charge in [0.15, 0.2) is 5.76 Å². The average molecular weight is 428 g/mol. The largest absolute Gasteiger partial charge is 0.438 e. The topological polar surface area (TPSA) is 140 Å². The Morgan fingerprint density at radius 3 is 2.39 bits per heavy atom. The van der Waals surface area contributed by atoms with Crippen molar-refractivity contribution in [2.75, 3.05) is 18.4 Å². The molecule has 3 rings (SSSR count). The minimum absolute atomic E-state index is 0.113. The molecule has 0 bridgehead atoms. The van der Waals surface area contributed by atoms with Crippen molar-refractivity contribution in [3.05, 3.63) is 41.7 Å². The molecule has 2 heterocycles. The van der Waals surface area contributed by atoms with Crippen molar-refractivity contribution in [1.82, 2.24) is 4.31 Å². The van der Waals surface area contributed by atoms with Gasteiger partial charge in [-0.25, -0.2) is 22.0 Å². The Hall–Kier alpha value is -2.21. The van der Waals surface area contributed by atoms with Crippen LogP contribution in [0, 0.1) is 6.92 Å². The lowest BCUT2D eigenvalue weighted by Crippen LogP contribution is -2.35. The summed E-state index contributed by atoms with van der Waals surface area (Å²) in [5.74, 6) is -0.905. The summed E-state index contributed by atoms with van der Waals surface area (Å²) in [5, 5.41) is 7.34. The molecule has 1 aliphatic rings. The number of sulfonamides is 2.